The summed E-state index contributed by atoms with van der Waals surface area (Å²) in [5, 5.41) is 8.94. The second kappa shape index (κ2) is 4.91. The van der Waals surface area contributed by atoms with Gasteiger partial charge < -0.3 is 10.1 Å². The zero-order chi connectivity index (χ0) is 13.1. The van der Waals surface area contributed by atoms with Crippen LogP contribution in [0.1, 0.15) is 12.5 Å². The molecule has 0 aliphatic heterocycles. The molecule has 0 amide bonds. The maximum Gasteiger partial charge on any atom is 0.330 e. The lowest BCUT2D eigenvalue weighted by molar-refractivity contribution is -0.141. The van der Waals surface area contributed by atoms with Crippen LogP contribution in [0.25, 0.3) is 5.69 Å². The van der Waals surface area contributed by atoms with Crippen LogP contribution >= 0.6 is 0 Å². The zero-order valence-electron chi connectivity index (χ0n) is 9.96. The second-order valence-electron chi connectivity index (χ2n) is 4.21. The standard InChI is InChI=1S/C13H14N2O3/c1-9(12(16)17)8-10-4-2-3-5-11(10)15-7-6-14-13(15)18/h2-7,9H,8H2,1H3,(H,14,18)(H,16,17). The molecule has 5 heteroatoms. The predicted octanol–water partition coefficient (Wildman–Crippen LogP) is 1.43. The van der Waals surface area contributed by atoms with Crippen molar-refractivity contribution in [3.8, 4) is 5.69 Å². The average molecular weight is 246 g/mol. The molecule has 1 heterocycles. The predicted molar refractivity (Wildman–Crippen MR) is 66.9 cm³/mol. The fraction of sp³-hybridized carbons (Fsp3) is 0.231. The first-order valence-electron chi connectivity index (χ1n) is 5.66. The van der Waals surface area contributed by atoms with E-state index in [2.05, 4.69) is 4.98 Å². The molecule has 0 fully saturated rings. The average Bonchev–Trinajstić information content (AvgIpc) is 2.76. The Hall–Kier alpha value is -2.30. The van der Waals surface area contributed by atoms with E-state index in [0.717, 1.165) is 11.3 Å². The highest BCUT2D eigenvalue weighted by molar-refractivity contribution is 5.70. The Morgan fingerprint density at radius 1 is 1.44 bits per heavy atom. The molecule has 2 aromatic rings. The van der Waals surface area contributed by atoms with E-state index in [-0.39, 0.29) is 5.69 Å². The van der Waals surface area contributed by atoms with Crippen molar-refractivity contribution in [3.63, 3.8) is 0 Å². The topological polar surface area (TPSA) is 75.1 Å². The zero-order valence-corrected chi connectivity index (χ0v) is 9.96. The van der Waals surface area contributed by atoms with Crippen molar-refractivity contribution >= 4 is 5.97 Å². The summed E-state index contributed by atoms with van der Waals surface area (Å²) in [6.07, 6.45) is 3.58. The summed E-state index contributed by atoms with van der Waals surface area (Å²) in [5.41, 5.74) is 1.33. The molecule has 1 aromatic carbocycles. The quantitative estimate of drug-likeness (QED) is 0.856. The third-order valence-electron chi connectivity index (χ3n) is 2.85. The van der Waals surface area contributed by atoms with E-state index in [1.807, 2.05) is 18.2 Å². The Balaban J connectivity index is 2.41. The molecule has 2 N–H and O–H groups in total. The largest absolute Gasteiger partial charge is 0.481 e. The van der Waals surface area contributed by atoms with E-state index in [9.17, 15) is 9.59 Å². The van der Waals surface area contributed by atoms with E-state index in [1.165, 1.54) is 4.57 Å². The van der Waals surface area contributed by atoms with E-state index in [0.29, 0.717) is 6.42 Å². The number of carboxylic acid groups (broad SMARTS) is 1. The third-order valence-corrected chi connectivity index (χ3v) is 2.85. The Morgan fingerprint density at radius 2 is 2.17 bits per heavy atom. The van der Waals surface area contributed by atoms with Crippen molar-refractivity contribution in [2.45, 2.75) is 13.3 Å². The van der Waals surface area contributed by atoms with Gasteiger partial charge in [0.1, 0.15) is 0 Å². The van der Waals surface area contributed by atoms with Crippen molar-refractivity contribution in [1.29, 1.82) is 0 Å². The van der Waals surface area contributed by atoms with Crippen LogP contribution in [0.4, 0.5) is 0 Å². The van der Waals surface area contributed by atoms with Gasteiger partial charge in [0.2, 0.25) is 0 Å². The van der Waals surface area contributed by atoms with Crippen LogP contribution in [0.2, 0.25) is 0 Å². The van der Waals surface area contributed by atoms with Gasteiger partial charge in [-0.15, -0.1) is 0 Å². The Labute approximate surface area is 104 Å². The number of hydrogen-bond donors (Lipinski definition) is 2. The van der Waals surface area contributed by atoms with Crippen molar-refractivity contribution in [2.24, 2.45) is 5.92 Å². The number of carbonyl (C=O) groups is 1. The number of nitrogens with zero attached hydrogens (tertiary/aromatic N) is 1. The molecule has 0 spiro atoms. The van der Waals surface area contributed by atoms with Crippen LogP contribution in [0.5, 0.6) is 0 Å². The van der Waals surface area contributed by atoms with Crippen molar-refractivity contribution < 1.29 is 9.90 Å². The molecule has 18 heavy (non-hydrogen) atoms. The number of para-hydroxylation sites is 1. The monoisotopic (exact) mass is 246 g/mol. The van der Waals surface area contributed by atoms with Crippen LogP contribution in [-0.4, -0.2) is 20.6 Å². The lowest BCUT2D eigenvalue weighted by Crippen LogP contribution is -2.18. The summed E-state index contributed by atoms with van der Waals surface area (Å²) < 4.78 is 1.48. The lowest BCUT2D eigenvalue weighted by atomic mass is 10.00. The lowest BCUT2D eigenvalue weighted by Gasteiger charge is -2.11. The van der Waals surface area contributed by atoms with Gasteiger partial charge >= 0.3 is 11.7 Å². The Kier molecular flexibility index (Phi) is 3.32. The van der Waals surface area contributed by atoms with E-state index < -0.39 is 11.9 Å². The van der Waals surface area contributed by atoms with Gasteiger partial charge in [-0.3, -0.25) is 9.36 Å². The molecule has 0 saturated carbocycles. The third kappa shape index (κ3) is 2.34. The number of rotatable bonds is 4. The smallest absolute Gasteiger partial charge is 0.330 e. The molecular formula is C13H14N2O3. The first-order chi connectivity index (χ1) is 8.59. The fourth-order valence-corrected chi connectivity index (χ4v) is 1.85. The van der Waals surface area contributed by atoms with Gasteiger partial charge in [0, 0.05) is 12.4 Å². The van der Waals surface area contributed by atoms with Gasteiger partial charge in [-0.05, 0) is 18.1 Å². The number of aromatic nitrogens is 2. The normalized spacial score (nSPS) is 12.3. The van der Waals surface area contributed by atoms with E-state index >= 15 is 0 Å². The molecule has 0 aliphatic rings. The summed E-state index contributed by atoms with van der Waals surface area (Å²) in [6, 6.07) is 7.31. The summed E-state index contributed by atoms with van der Waals surface area (Å²) in [7, 11) is 0. The maximum absolute atomic E-state index is 11.6. The Bertz CT molecular complexity index is 612. The number of imidazole rings is 1. The molecule has 94 valence electrons. The number of aliphatic carboxylic acids is 1. The highest BCUT2D eigenvalue weighted by atomic mass is 16.4. The first kappa shape index (κ1) is 12.2. The highest BCUT2D eigenvalue weighted by Gasteiger charge is 2.14. The van der Waals surface area contributed by atoms with Gasteiger partial charge in [0.15, 0.2) is 0 Å². The number of benzene rings is 1. The minimum absolute atomic E-state index is 0.231. The Morgan fingerprint density at radius 3 is 2.78 bits per heavy atom. The minimum atomic E-state index is -0.841. The molecule has 1 unspecified atom stereocenters. The molecule has 0 radical (unpaired) electrons. The van der Waals surface area contributed by atoms with Gasteiger partial charge in [0.05, 0.1) is 11.6 Å². The van der Waals surface area contributed by atoms with E-state index in [1.54, 1.807) is 25.4 Å². The maximum atomic E-state index is 11.6. The number of carboxylic acids is 1. The number of hydrogen-bond acceptors (Lipinski definition) is 2. The van der Waals surface area contributed by atoms with Crippen LogP contribution in [0.3, 0.4) is 0 Å². The molecule has 2 rings (SSSR count). The molecule has 5 nitrogen and oxygen atoms in total. The minimum Gasteiger partial charge on any atom is -0.481 e. The first-order valence-corrected chi connectivity index (χ1v) is 5.66. The molecule has 0 bridgehead atoms. The molecule has 0 saturated heterocycles. The van der Waals surface area contributed by atoms with Gasteiger partial charge in [-0.2, -0.15) is 0 Å². The number of nitrogens with one attached hydrogen (secondary N) is 1. The molecule has 1 atom stereocenters. The van der Waals surface area contributed by atoms with Crippen molar-refractivity contribution in [2.75, 3.05) is 0 Å². The molecule has 0 aliphatic carbocycles. The number of aromatic amines is 1. The number of H-pyrrole nitrogens is 1. The van der Waals surface area contributed by atoms with Crippen LogP contribution in [-0.2, 0) is 11.2 Å². The van der Waals surface area contributed by atoms with Crippen molar-refractivity contribution in [1.82, 2.24) is 9.55 Å². The van der Waals surface area contributed by atoms with Crippen LogP contribution in [0, 0.1) is 5.92 Å². The fourth-order valence-electron chi connectivity index (χ4n) is 1.85. The van der Waals surface area contributed by atoms with Crippen LogP contribution in [0.15, 0.2) is 41.5 Å². The van der Waals surface area contributed by atoms with Crippen molar-refractivity contribution in [3.05, 3.63) is 52.7 Å². The highest BCUT2D eigenvalue weighted by Crippen LogP contribution is 2.17. The SMILES string of the molecule is CC(Cc1ccccc1-n1cc[nH]c1=O)C(=O)O. The van der Waals surface area contributed by atoms with Gasteiger partial charge in [-0.25, -0.2) is 4.79 Å². The van der Waals surface area contributed by atoms with Crippen LogP contribution < -0.4 is 5.69 Å². The van der Waals surface area contributed by atoms with Gasteiger partial charge in [0.25, 0.3) is 0 Å². The summed E-state index contributed by atoms with van der Waals surface area (Å²) in [4.78, 5) is 25.0. The molecular weight excluding hydrogens is 232 g/mol. The molecule has 1 aromatic heterocycles. The summed E-state index contributed by atoms with van der Waals surface area (Å²) in [5.74, 6) is -1.33. The summed E-state index contributed by atoms with van der Waals surface area (Å²) in [6.45, 7) is 1.65. The second-order valence-corrected chi connectivity index (χ2v) is 4.21. The van der Waals surface area contributed by atoms with Gasteiger partial charge in [-0.1, -0.05) is 25.1 Å². The summed E-state index contributed by atoms with van der Waals surface area (Å²) >= 11 is 0. The van der Waals surface area contributed by atoms with E-state index in [4.69, 9.17) is 5.11 Å².